The Morgan fingerprint density at radius 3 is 2.38 bits per heavy atom. The Morgan fingerprint density at radius 2 is 1.74 bits per heavy atom. The number of halogens is 2. The zero-order valence-electron chi connectivity index (χ0n) is 24.1. The standard InChI is InChI=1S/C27H33BrClN7O6/c1-25(2,3)41-23(39)33-20-19-21(31-13-30-20)36(14-32-19)11-16-17(28)9-15(29)10-18(16)35-8-7-27(12-35,22(37)38)34-24(40)42-26(4,5)6/h9-10,13-14H,7-8,11-12H2,1-6H3,(H,34,40)(H,37,38)(H,30,31,33,39). The molecule has 3 aromatic rings. The number of fused-ring (bicyclic) bond motifs is 1. The lowest BCUT2D eigenvalue weighted by atomic mass is 9.99. The molecule has 0 aliphatic carbocycles. The van der Waals surface area contributed by atoms with Crippen molar-refractivity contribution >= 4 is 68.4 Å². The Morgan fingerprint density at radius 1 is 1.07 bits per heavy atom. The number of nitrogens with zero attached hydrogens (tertiary/aromatic N) is 5. The molecule has 226 valence electrons. The SMILES string of the molecule is CC(C)(C)OC(=O)Nc1ncnc2c1ncn2Cc1c(Br)cc(Cl)cc1N1CCC(NC(=O)OC(C)(C)C)(C(=O)O)C1. The second kappa shape index (κ2) is 11.6. The van der Waals surface area contributed by atoms with Crippen LogP contribution in [0.3, 0.4) is 0 Å². The molecule has 2 aromatic heterocycles. The van der Waals surface area contributed by atoms with Crippen LogP contribution in [0.1, 0.15) is 53.5 Å². The summed E-state index contributed by atoms with van der Waals surface area (Å²) in [6.45, 7) is 11.0. The van der Waals surface area contributed by atoms with Gasteiger partial charge in [-0.3, -0.25) is 5.32 Å². The minimum absolute atomic E-state index is 0.0157. The van der Waals surface area contributed by atoms with E-state index in [0.29, 0.717) is 32.9 Å². The minimum Gasteiger partial charge on any atom is -0.479 e. The van der Waals surface area contributed by atoms with Gasteiger partial charge in [0.05, 0.1) is 19.4 Å². The van der Waals surface area contributed by atoms with E-state index in [9.17, 15) is 19.5 Å². The van der Waals surface area contributed by atoms with Crippen LogP contribution < -0.4 is 15.5 Å². The zero-order valence-corrected chi connectivity index (χ0v) is 26.5. The van der Waals surface area contributed by atoms with Crippen LogP contribution in [0.5, 0.6) is 0 Å². The molecule has 1 aliphatic heterocycles. The van der Waals surface area contributed by atoms with Crippen molar-refractivity contribution in [2.75, 3.05) is 23.3 Å². The first-order valence-corrected chi connectivity index (χ1v) is 14.3. The summed E-state index contributed by atoms with van der Waals surface area (Å²) < 4.78 is 13.1. The number of ether oxygens (including phenoxy) is 2. The summed E-state index contributed by atoms with van der Waals surface area (Å²) in [5.74, 6) is -0.969. The summed E-state index contributed by atoms with van der Waals surface area (Å²) >= 11 is 10.0. The quantitative estimate of drug-likeness (QED) is 0.319. The average Bonchev–Trinajstić information content (AvgIpc) is 3.44. The second-order valence-corrected chi connectivity index (χ2v) is 13.3. The summed E-state index contributed by atoms with van der Waals surface area (Å²) in [6, 6.07) is 3.49. The van der Waals surface area contributed by atoms with Gasteiger partial charge in [0, 0.05) is 33.7 Å². The van der Waals surface area contributed by atoms with Gasteiger partial charge in [0.25, 0.3) is 0 Å². The molecule has 42 heavy (non-hydrogen) atoms. The summed E-state index contributed by atoms with van der Waals surface area (Å²) in [5.41, 5.74) is -0.774. The van der Waals surface area contributed by atoms with E-state index in [1.165, 1.54) is 6.33 Å². The fourth-order valence-electron chi connectivity index (χ4n) is 4.53. The van der Waals surface area contributed by atoms with Gasteiger partial charge < -0.3 is 29.4 Å². The van der Waals surface area contributed by atoms with Gasteiger partial charge in [0.15, 0.2) is 22.5 Å². The second-order valence-electron chi connectivity index (χ2n) is 12.0. The number of carboxylic acids is 1. The molecule has 0 radical (unpaired) electrons. The molecular weight excluding hydrogens is 634 g/mol. The smallest absolute Gasteiger partial charge is 0.413 e. The lowest BCUT2D eigenvalue weighted by Crippen LogP contribution is -2.57. The average molecular weight is 667 g/mol. The molecule has 13 nitrogen and oxygen atoms in total. The van der Waals surface area contributed by atoms with Gasteiger partial charge >= 0.3 is 18.2 Å². The Labute approximate surface area is 256 Å². The number of alkyl carbamates (subject to hydrolysis) is 1. The van der Waals surface area contributed by atoms with Gasteiger partial charge in [-0.15, -0.1) is 0 Å². The topological polar surface area (TPSA) is 161 Å². The predicted octanol–water partition coefficient (Wildman–Crippen LogP) is 5.20. The highest BCUT2D eigenvalue weighted by molar-refractivity contribution is 9.10. The van der Waals surface area contributed by atoms with Gasteiger partial charge in [-0.1, -0.05) is 27.5 Å². The predicted molar refractivity (Wildman–Crippen MR) is 160 cm³/mol. The lowest BCUT2D eigenvalue weighted by Gasteiger charge is -2.29. The minimum atomic E-state index is -1.56. The number of rotatable bonds is 6. The number of amides is 2. The van der Waals surface area contributed by atoms with Crippen molar-refractivity contribution < 1.29 is 29.0 Å². The monoisotopic (exact) mass is 665 g/mol. The normalized spacial score (nSPS) is 17.3. The Bertz CT molecular complexity index is 1530. The number of anilines is 2. The highest BCUT2D eigenvalue weighted by Crippen LogP contribution is 2.37. The third kappa shape index (κ3) is 7.21. The number of hydrogen-bond acceptors (Lipinski definition) is 9. The molecule has 15 heteroatoms. The highest BCUT2D eigenvalue weighted by atomic mass is 79.9. The van der Waals surface area contributed by atoms with E-state index in [1.807, 2.05) is 4.90 Å². The van der Waals surface area contributed by atoms with Crippen molar-refractivity contribution in [3.8, 4) is 0 Å². The molecule has 3 N–H and O–H groups in total. The van der Waals surface area contributed by atoms with Crippen LogP contribution in [0, 0.1) is 0 Å². The maximum absolute atomic E-state index is 12.5. The molecular formula is C27H33BrClN7O6. The number of aromatic nitrogens is 4. The summed E-state index contributed by atoms with van der Waals surface area (Å²) in [4.78, 5) is 52.1. The molecule has 0 saturated carbocycles. The first-order chi connectivity index (χ1) is 19.5. The maximum Gasteiger partial charge on any atom is 0.413 e. The van der Waals surface area contributed by atoms with Gasteiger partial charge in [-0.25, -0.2) is 29.3 Å². The van der Waals surface area contributed by atoms with Crippen molar-refractivity contribution in [2.24, 2.45) is 0 Å². The summed E-state index contributed by atoms with van der Waals surface area (Å²) in [7, 11) is 0. The highest BCUT2D eigenvalue weighted by Gasteiger charge is 2.47. The summed E-state index contributed by atoms with van der Waals surface area (Å²) in [6.07, 6.45) is 1.55. The largest absolute Gasteiger partial charge is 0.479 e. The van der Waals surface area contributed by atoms with Crippen molar-refractivity contribution in [1.82, 2.24) is 24.8 Å². The van der Waals surface area contributed by atoms with E-state index < -0.39 is 34.9 Å². The summed E-state index contributed by atoms with van der Waals surface area (Å²) in [5, 5.41) is 15.8. The van der Waals surface area contributed by atoms with Crippen LogP contribution in [0.15, 0.2) is 29.3 Å². The van der Waals surface area contributed by atoms with Crippen LogP contribution in [0.25, 0.3) is 11.2 Å². The van der Waals surface area contributed by atoms with Crippen molar-refractivity contribution in [1.29, 1.82) is 0 Å². The van der Waals surface area contributed by atoms with E-state index in [-0.39, 0.29) is 25.3 Å². The zero-order chi connectivity index (χ0) is 31.0. The Hall–Kier alpha value is -3.65. The van der Waals surface area contributed by atoms with Gasteiger partial charge in [0.2, 0.25) is 0 Å². The number of imidazole rings is 1. The molecule has 2 amide bonds. The number of benzene rings is 1. The first kappa shape index (κ1) is 31.3. The third-order valence-corrected chi connectivity index (χ3v) is 7.17. The number of carboxylic acid groups (broad SMARTS) is 1. The molecule has 0 spiro atoms. The van der Waals surface area contributed by atoms with Gasteiger partial charge in [-0.05, 0) is 53.7 Å². The van der Waals surface area contributed by atoms with Crippen molar-refractivity contribution in [3.63, 3.8) is 0 Å². The molecule has 4 rings (SSSR count). The van der Waals surface area contributed by atoms with E-state index in [1.54, 1.807) is 64.6 Å². The number of hydrogen-bond donors (Lipinski definition) is 3. The third-order valence-electron chi connectivity index (χ3n) is 6.25. The molecule has 3 heterocycles. The lowest BCUT2D eigenvalue weighted by molar-refractivity contribution is -0.143. The fourth-order valence-corrected chi connectivity index (χ4v) is 5.45. The number of carbonyl (C=O) groups excluding carboxylic acids is 2. The van der Waals surface area contributed by atoms with Gasteiger partial charge in [-0.2, -0.15) is 0 Å². The molecule has 1 unspecified atom stereocenters. The van der Waals surface area contributed by atoms with Crippen molar-refractivity contribution in [3.05, 3.63) is 39.8 Å². The van der Waals surface area contributed by atoms with Crippen LogP contribution in [0.4, 0.5) is 21.1 Å². The fraction of sp³-hybridized carbons (Fsp3) is 0.481. The van der Waals surface area contributed by atoms with Crippen molar-refractivity contribution in [2.45, 2.75) is 71.2 Å². The first-order valence-electron chi connectivity index (χ1n) is 13.1. The molecule has 1 aromatic carbocycles. The van der Waals surface area contributed by atoms with Crippen LogP contribution in [0.2, 0.25) is 5.02 Å². The number of carbonyl (C=O) groups is 3. The van der Waals surface area contributed by atoms with E-state index in [0.717, 1.165) is 5.56 Å². The van der Waals surface area contributed by atoms with Gasteiger partial charge in [0.1, 0.15) is 17.5 Å². The molecule has 1 saturated heterocycles. The molecule has 1 fully saturated rings. The molecule has 0 bridgehead atoms. The van der Waals surface area contributed by atoms with Crippen LogP contribution in [-0.4, -0.2) is 72.6 Å². The Balaban J connectivity index is 1.63. The van der Waals surface area contributed by atoms with E-state index >= 15 is 0 Å². The van der Waals surface area contributed by atoms with E-state index in [4.69, 9.17) is 21.1 Å². The van der Waals surface area contributed by atoms with Crippen LogP contribution in [-0.2, 0) is 20.8 Å². The number of nitrogens with one attached hydrogen (secondary N) is 2. The number of aliphatic carboxylic acids is 1. The maximum atomic E-state index is 12.5. The van der Waals surface area contributed by atoms with E-state index in [2.05, 4.69) is 41.5 Å². The van der Waals surface area contributed by atoms with Crippen LogP contribution >= 0.6 is 27.5 Å². The molecule has 1 aliphatic rings. The Kier molecular flexibility index (Phi) is 8.61. The molecule has 1 atom stereocenters.